The van der Waals surface area contributed by atoms with Crippen LogP contribution in [0.1, 0.15) is 30.2 Å². The number of piperidine rings is 1. The van der Waals surface area contributed by atoms with Gasteiger partial charge in [0.15, 0.2) is 0 Å². The minimum atomic E-state index is 0.562. The highest BCUT2D eigenvalue weighted by Gasteiger charge is 2.20. The molecule has 1 fully saturated rings. The second kappa shape index (κ2) is 5.57. The Balaban J connectivity index is 2.09. The van der Waals surface area contributed by atoms with E-state index in [9.17, 15) is 0 Å². The maximum absolute atomic E-state index is 2.61. The molecule has 0 radical (unpaired) electrons. The zero-order valence-electron chi connectivity index (χ0n) is 9.36. The van der Waals surface area contributed by atoms with E-state index in [0.29, 0.717) is 5.37 Å². The van der Waals surface area contributed by atoms with E-state index in [1.54, 1.807) is 0 Å². The summed E-state index contributed by atoms with van der Waals surface area (Å²) in [5.41, 5.74) is 1.45. The van der Waals surface area contributed by atoms with E-state index in [2.05, 4.69) is 41.5 Å². The van der Waals surface area contributed by atoms with Gasteiger partial charge in [-0.05, 0) is 37.8 Å². The summed E-state index contributed by atoms with van der Waals surface area (Å²) in [6, 6.07) is 10.9. The Hall–Kier alpha value is -0.470. The lowest BCUT2D eigenvalue weighted by molar-refractivity contribution is 0.215. The predicted molar refractivity (Wildman–Crippen MR) is 68.1 cm³/mol. The Morgan fingerprint density at radius 3 is 2.33 bits per heavy atom. The fourth-order valence-electron chi connectivity index (χ4n) is 2.27. The molecule has 0 N–H and O–H groups in total. The van der Waals surface area contributed by atoms with E-state index in [1.807, 2.05) is 11.8 Å². The van der Waals surface area contributed by atoms with Crippen molar-refractivity contribution < 1.29 is 0 Å². The molecular weight excluding hydrogens is 202 g/mol. The highest BCUT2D eigenvalue weighted by atomic mass is 32.2. The zero-order chi connectivity index (χ0) is 10.5. The Bertz CT molecular complexity index is 280. The largest absolute Gasteiger partial charge is 0.288 e. The van der Waals surface area contributed by atoms with Crippen molar-refractivity contribution in [3.63, 3.8) is 0 Å². The zero-order valence-corrected chi connectivity index (χ0v) is 10.2. The van der Waals surface area contributed by atoms with E-state index in [-0.39, 0.29) is 0 Å². The number of rotatable bonds is 3. The average molecular weight is 221 g/mol. The molecule has 1 saturated heterocycles. The number of nitrogens with zero attached hydrogens (tertiary/aromatic N) is 1. The maximum Gasteiger partial charge on any atom is 0.0811 e. The third-order valence-corrected chi connectivity index (χ3v) is 4.05. The first kappa shape index (κ1) is 11.0. The molecular formula is C13H19NS. The molecule has 0 saturated carbocycles. The molecule has 0 amide bonds. The highest BCUT2D eigenvalue weighted by Crippen LogP contribution is 2.32. The van der Waals surface area contributed by atoms with Crippen molar-refractivity contribution in [2.45, 2.75) is 24.6 Å². The molecule has 0 aromatic heterocycles. The van der Waals surface area contributed by atoms with Crippen molar-refractivity contribution >= 4 is 11.8 Å². The van der Waals surface area contributed by atoms with Gasteiger partial charge >= 0.3 is 0 Å². The molecule has 0 spiro atoms. The number of hydrogen-bond acceptors (Lipinski definition) is 2. The lowest BCUT2D eigenvalue weighted by Gasteiger charge is -2.33. The topological polar surface area (TPSA) is 3.24 Å². The Morgan fingerprint density at radius 2 is 1.73 bits per heavy atom. The van der Waals surface area contributed by atoms with Crippen LogP contribution in [0.3, 0.4) is 0 Å². The predicted octanol–water partition coefficient (Wildman–Crippen LogP) is 3.53. The average Bonchev–Trinajstić information content (AvgIpc) is 2.33. The quantitative estimate of drug-likeness (QED) is 0.768. The van der Waals surface area contributed by atoms with Crippen LogP contribution in [0.2, 0.25) is 0 Å². The van der Waals surface area contributed by atoms with Crippen molar-refractivity contribution in [2.24, 2.45) is 0 Å². The standard InChI is InChI=1S/C13H19NS/c1-15-13(12-8-4-2-5-9-12)14-10-6-3-7-11-14/h2,4-5,8-9,13H,3,6-7,10-11H2,1H3. The lowest BCUT2D eigenvalue weighted by atomic mass is 10.1. The molecule has 0 aliphatic carbocycles. The second-order valence-corrected chi connectivity index (χ2v) is 5.01. The summed E-state index contributed by atoms with van der Waals surface area (Å²) in [6.07, 6.45) is 6.35. The van der Waals surface area contributed by atoms with Crippen LogP contribution in [-0.2, 0) is 0 Å². The van der Waals surface area contributed by atoms with Crippen LogP contribution in [0.5, 0.6) is 0 Å². The van der Waals surface area contributed by atoms with Crippen LogP contribution in [0, 0.1) is 0 Å². The van der Waals surface area contributed by atoms with Gasteiger partial charge in [-0.15, -0.1) is 11.8 Å². The fourth-order valence-corrected chi connectivity index (χ4v) is 3.20. The van der Waals surface area contributed by atoms with Crippen molar-refractivity contribution in [3.05, 3.63) is 35.9 Å². The second-order valence-electron chi connectivity index (χ2n) is 4.10. The van der Waals surface area contributed by atoms with E-state index in [0.717, 1.165) is 0 Å². The van der Waals surface area contributed by atoms with Gasteiger partial charge in [0, 0.05) is 0 Å². The minimum Gasteiger partial charge on any atom is -0.288 e. The van der Waals surface area contributed by atoms with Gasteiger partial charge < -0.3 is 0 Å². The summed E-state index contributed by atoms with van der Waals surface area (Å²) in [7, 11) is 0. The van der Waals surface area contributed by atoms with Crippen LogP contribution in [-0.4, -0.2) is 24.2 Å². The molecule has 0 bridgehead atoms. The molecule has 1 aromatic rings. The molecule has 1 aliphatic heterocycles. The first-order valence-electron chi connectivity index (χ1n) is 5.73. The van der Waals surface area contributed by atoms with Crippen molar-refractivity contribution in [3.8, 4) is 0 Å². The van der Waals surface area contributed by atoms with E-state index >= 15 is 0 Å². The van der Waals surface area contributed by atoms with Crippen molar-refractivity contribution in [2.75, 3.05) is 19.3 Å². The van der Waals surface area contributed by atoms with Crippen LogP contribution in [0.4, 0.5) is 0 Å². The normalized spacial score (nSPS) is 20.1. The van der Waals surface area contributed by atoms with Gasteiger partial charge in [-0.25, -0.2) is 0 Å². The highest BCUT2D eigenvalue weighted by molar-refractivity contribution is 7.98. The minimum absolute atomic E-state index is 0.562. The van der Waals surface area contributed by atoms with Crippen LogP contribution in [0.15, 0.2) is 30.3 Å². The SMILES string of the molecule is CSC(c1ccccc1)N1CCCCC1. The summed E-state index contributed by atoms with van der Waals surface area (Å²) in [5.74, 6) is 0. The number of hydrogen-bond donors (Lipinski definition) is 0. The Morgan fingerprint density at radius 1 is 1.07 bits per heavy atom. The van der Waals surface area contributed by atoms with Crippen molar-refractivity contribution in [1.29, 1.82) is 0 Å². The van der Waals surface area contributed by atoms with E-state index in [1.165, 1.54) is 37.9 Å². The number of benzene rings is 1. The molecule has 82 valence electrons. The van der Waals surface area contributed by atoms with Gasteiger partial charge in [-0.3, -0.25) is 4.90 Å². The van der Waals surface area contributed by atoms with Gasteiger partial charge in [-0.1, -0.05) is 36.8 Å². The fraction of sp³-hybridized carbons (Fsp3) is 0.538. The first-order valence-corrected chi connectivity index (χ1v) is 7.02. The number of thioether (sulfide) groups is 1. The van der Waals surface area contributed by atoms with Gasteiger partial charge in [0.25, 0.3) is 0 Å². The smallest absolute Gasteiger partial charge is 0.0811 e. The molecule has 1 nitrogen and oxygen atoms in total. The summed E-state index contributed by atoms with van der Waals surface area (Å²) >= 11 is 1.96. The third kappa shape index (κ3) is 2.76. The third-order valence-electron chi connectivity index (χ3n) is 3.03. The van der Waals surface area contributed by atoms with Gasteiger partial charge in [-0.2, -0.15) is 0 Å². The molecule has 2 rings (SSSR count). The lowest BCUT2D eigenvalue weighted by Crippen LogP contribution is -2.32. The summed E-state index contributed by atoms with van der Waals surface area (Å²) in [4.78, 5) is 2.61. The summed E-state index contributed by atoms with van der Waals surface area (Å²) < 4.78 is 0. The maximum atomic E-state index is 2.61. The molecule has 1 atom stereocenters. The van der Waals surface area contributed by atoms with E-state index in [4.69, 9.17) is 0 Å². The monoisotopic (exact) mass is 221 g/mol. The van der Waals surface area contributed by atoms with Crippen LogP contribution in [0.25, 0.3) is 0 Å². The molecule has 1 unspecified atom stereocenters. The molecule has 1 aliphatic rings. The van der Waals surface area contributed by atoms with E-state index < -0.39 is 0 Å². The molecule has 1 heterocycles. The number of likely N-dealkylation sites (tertiary alicyclic amines) is 1. The Labute approximate surface area is 96.9 Å². The molecule has 15 heavy (non-hydrogen) atoms. The molecule has 1 aromatic carbocycles. The van der Waals surface area contributed by atoms with Gasteiger partial charge in [0.2, 0.25) is 0 Å². The Kier molecular flexibility index (Phi) is 4.09. The van der Waals surface area contributed by atoms with Gasteiger partial charge in [0.05, 0.1) is 5.37 Å². The summed E-state index contributed by atoms with van der Waals surface area (Å²) in [6.45, 7) is 2.53. The van der Waals surface area contributed by atoms with Crippen LogP contribution >= 0.6 is 11.8 Å². The molecule has 2 heteroatoms. The first-order chi connectivity index (χ1) is 7.42. The summed E-state index contributed by atoms with van der Waals surface area (Å²) in [5, 5.41) is 0.562. The van der Waals surface area contributed by atoms with Crippen LogP contribution < -0.4 is 0 Å². The van der Waals surface area contributed by atoms with Crippen molar-refractivity contribution in [1.82, 2.24) is 4.90 Å². The van der Waals surface area contributed by atoms with Gasteiger partial charge in [0.1, 0.15) is 0 Å².